The van der Waals surface area contributed by atoms with Crippen molar-refractivity contribution in [2.24, 2.45) is 0 Å². The zero-order valence-corrected chi connectivity index (χ0v) is 17.7. The van der Waals surface area contributed by atoms with E-state index in [-0.39, 0.29) is 18.2 Å². The fraction of sp³-hybridized carbons (Fsp3) is 0.286. The zero-order chi connectivity index (χ0) is 21.7. The lowest BCUT2D eigenvalue weighted by Crippen LogP contribution is -2.41. The molecule has 10 heteroatoms. The third-order valence-corrected chi connectivity index (χ3v) is 6.87. The second-order valence-electron chi connectivity index (χ2n) is 7.09. The number of hydrogen-bond acceptors (Lipinski definition) is 6. The first-order valence-corrected chi connectivity index (χ1v) is 11.5. The molecule has 0 spiro atoms. The molecule has 2 aromatic heterocycles. The minimum atomic E-state index is -3.45. The lowest BCUT2D eigenvalue weighted by atomic mass is 10.1. The van der Waals surface area contributed by atoms with E-state index < -0.39 is 10.0 Å². The van der Waals surface area contributed by atoms with E-state index in [2.05, 4.69) is 15.3 Å². The van der Waals surface area contributed by atoms with Crippen LogP contribution in [0.25, 0.3) is 5.82 Å². The van der Waals surface area contributed by atoms with Crippen molar-refractivity contribution in [3.63, 3.8) is 0 Å². The third-order valence-electron chi connectivity index (χ3n) is 5.04. The molecule has 1 saturated heterocycles. The zero-order valence-electron chi connectivity index (χ0n) is 16.8. The summed E-state index contributed by atoms with van der Waals surface area (Å²) in [5, 5.41) is 2.85. The monoisotopic (exact) mass is 441 g/mol. The topological polar surface area (TPSA) is 106 Å². The van der Waals surface area contributed by atoms with Gasteiger partial charge in [-0.3, -0.25) is 9.36 Å². The van der Waals surface area contributed by atoms with Gasteiger partial charge in [0, 0.05) is 38.2 Å². The highest BCUT2D eigenvalue weighted by Crippen LogP contribution is 2.17. The Morgan fingerprint density at radius 2 is 1.87 bits per heavy atom. The van der Waals surface area contributed by atoms with Gasteiger partial charge < -0.3 is 10.1 Å². The van der Waals surface area contributed by atoms with E-state index in [0.29, 0.717) is 43.2 Å². The average Bonchev–Trinajstić information content (AvgIpc) is 3.34. The van der Waals surface area contributed by atoms with E-state index >= 15 is 0 Å². The fourth-order valence-electron chi connectivity index (χ4n) is 3.33. The molecule has 1 aliphatic heterocycles. The summed E-state index contributed by atoms with van der Waals surface area (Å²) in [6.45, 7) is 1.76. The van der Waals surface area contributed by atoms with Crippen LogP contribution in [0, 0.1) is 0 Å². The molecule has 0 saturated carbocycles. The smallest absolute Gasteiger partial charge is 0.253 e. The summed E-state index contributed by atoms with van der Waals surface area (Å²) >= 11 is 0. The molecule has 1 N–H and O–H groups in total. The average molecular weight is 442 g/mol. The van der Waals surface area contributed by atoms with Crippen LogP contribution in [0.3, 0.4) is 0 Å². The molecule has 4 rings (SSSR count). The van der Waals surface area contributed by atoms with Crippen LogP contribution in [0.2, 0.25) is 0 Å². The Bertz CT molecular complexity index is 1120. The van der Waals surface area contributed by atoms with Gasteiger partial charge >= 0.3 is 0 Å². The summed E-state index contributed by atoms with van der Waals surface area (Å²) in [4.78, 5) is 20.8. The van der Waals surface area contributed by atoms with Crippen molar-refractivity contribution in [3.05, 3.63) is 78.0 Å². The van der Waals surface area contributed by atoms with Gasteiger partial charge in [-0.2, -0.15) is 4.31 Å². The maximum atomic E-state index is 12.8. The number of amides is 1. The number of pyridine rings is 1. The predicted octanol–water partition coefficient (Wildman–Crippen LogP) is 1.36. The maximum Gasteiger partial charge on any atom is 0.253 e. The van der Waals surface area contributed by atoms with Crippen molar-refractivity contribution in [3.8, 4) is 5.82 Å². The third kappa shape index (κ3) is 5.16. The highest BCUT2D eigenvalue weighted by Gasteiger charge is 2.25. The number of carbonyl (C=O) groups is 1. The number of sulfonamides is 1. The van der Waals surface area contributed by atoms with E-state index in [1.165, 1.54) is 10.5 Å². The molecule has 1 fully saturated rings. The van der Waals surface area contributed by atoms with Crippen LogP contribution in [0.15, 0.2) is 61.3 Å². The number of carbonyl (C=O) groups excluding carboxylic acids is 1. The number of benzene rings is 1. The SMILES string of the molecule is O=C(NCc1ccccc1CS(=O)(=O)N1CCOCC1)c1ccc(-n2ccnc2)nc1. The molecule has 1 aromatic carbocycles. The molecule has 1 aliphatic rings. The number of nitrogens with zero attached hydrogens (tertiary/aromatic N) is 4. The first-order chi connectivity index (χ1) is 15.0. The van der Waals surface area contributed by atoms with Crippen molar-refractivity contribution in [1.29, 1.82) is 0 Å². The van der Waals surface area contributed by atoms with Gasteiger partial charge in [-0.05, 0) is 23.3 Å². The molecule has 0 bridgehead atoms. The number of morpholine rings is 1. The lowest BCUT2D eigenvalue weighted by molar-refractivity contribution is 0.0729. The molecule has 1 amide bonds. The summed E-state index contributed by atoms with van der Waals surface area (Å²) in [6.07, 6.45) is 6.55. The van der Waals surface area contributed by atoms with E-state index in [0.717, 1.165) is 5.56 Å². The summed E-state index contributed by atoms with van der Waals surface area (Å²) in [6, 6.07) is 10.7. The van der Waals surface area contributed by atoms with Gasteiger partial charge in [0.1, 0.15) is 12.1 Å². The van der Waals surface area contributed by atoms with Crippen molar-refractivity contribution in [2.45, 2.75) is 12.3 Å². The number of nitrogens with one attached hydrogen (secondary N) is 1. The van der Waals surface area contributed by atoms with Crippen LogP contribution in [0.1, 0.15) is 21.5 Å². The Balaban J connectivity index is 1.41. The summed E-state index contributed by atoms with van der Waals surface area (Å²) < 4.78 is 34.0. The van der Waals surface area contributed by atoms with Crippen molar-refractivity contribution >= 4 is 15.9 Å². The molecule has 9 nitrogen and oxygen atoms in total. The lowest BCUT2D eigenvalue weighted by Gasteiger charge is -2.26. The number of imidazole rings is 1. The van der Waals surface area contributed by atoms with Gasteiger partial charge in [0.2, 0.25) is 10.0 Å². The van der Waals surface area contributed by atoms with Crippen LogP contribution in [0.4, 0.5) is 0 Å². The quantitative estimate of drug-likeness (QED) is 0.593. The minimum absolute atomic E-state index is 0.111. The van der Waals surface area contributed by atoms with E-state index in [9.17, 15) is 13.2 Å². The molecule has 3 aromatic rings. The van der Waals surface area contributed by atoms with E-state index in [1.54, 1.807) is 47.6 Å². The molecule has 0 atom stereocenters. The van der Waals surface area contributed by atoms with Crippen LogP contribution in [0.5, 0.6) is 0 Å². The van der Waals surface area contributed by atoms with Gasteiger partial charge in [-0.25, -0.2) is 18.4 Å². The first-order valence-electron chi connectivity index (χ1n) is 9.88. The Morgan fingerprint density at radius 1 is 1.10 bits per heavy atom. The second-order valence-corrected chi connectivity index (χ2v) is 9.06. The first kappa shape index (κ1) is 21.2. The highest BCUT2D eigenvalue weighted by atomic mass is 32.2. The molecule has 3 heterocycles. The molecular formula is C21H23N5O4S. The van der Waals surface area contributed by atoms with Gasteiger partial charge in [-0.15, -0.1) is 0 Å². The fourth-order valence-corrected chi connectivity index (χ4v) is 4.89. The highest BCUT2D eigenvalue weighted by molar-refractivity contribution is 7.88. The Labute approximate surface area is 180 Å². The molecule has 31 heavy (non-hydrogen) atoms. The normalized spacial score (nSPS) is 15.0. The van der Waals surface area contributed by atoms with Crippen molar-refractivity contribution in [2.75, 3.05) is 26.3 Å². The maximum absolute atomic E-state index is 12.8. The summed E-state index contributed by atoms with van der Waals surface area (Å²) in [5.74, 6) is 0.267. The molecule has 0 unspecified atom stereocenters. The van der Waals surface area contributed by atoms with Crippen molar-refractivity contribution in [1.82, 2.24) is 24.2 Å². The number of ether oxygens (including phenoxy) is 1. The number of hydrogen-bond donors (Lipinski definition) is 1. The van der Waals surface area contributed by atoms with Crippen LogP contribution in [-0.4, -0.2) is 59.5 Å². The predicted molar refractivity (Wildman–Crippen MR) is 114 cm³/mol. The largest absolute Gasteiger partial charge is 0.379 e. The van der Waals surface area contributed by atoms with E-state index in [1.807, 2.05) is 12.1 Å². The van der Waals surface area contributed by atoms with Gasteiger partial charge in [0.05, 0.1) is 24.5 Å². The summed E-state index contributed by atoms with van der Waals surface area (Å²) in [5.41, 5.74) is 1.85. The standard InChI is InChI=1S/C21H23N5O4S/c27-21(18-5-6-20(23-14-18)25-8-7-22-16-25)24-13-17-3-1-2-4-19(17)15-31(28,29)26-9-11-30-12-10-26/h1-8,14,16H,9-13,15H2,(H,24,27). The van der Waals surface area contributed by atoms with Gasteiger partial charge in [0.15, 0.2) is 0 Å². The Morgan fingerprint density at radius 3 is 2.55 bits per heavy atom. The Kier molecular flexibility index (Phi) is 6.40. The van der Waals surface area contributed by atoms with E-state index in [4.69, 9.17) is 4.74 Å². The van der Waals surface area contributed by atoms with Gasteiger partial charge in [0.25, 0.3) is 5.91 Å². The van der Waals surface area contributed by atoms with Crippen LogP contribution >= 0.6 is 0 Å². The second kappa shape index (κ2) is 9.38. The molecular weight excluding hydrogens is 418 g/mol. The van der Waals surface area contributed by atoms with Gasteiger partial charge in [-0.1, -0.05) is 24.3 Å². The minimum Gasteiger partial charge on any atom is -0.379 e. The Hall–Kier alpha value is -3.08. The molecule has 0 aliphatic carbocycles. The molecule has 0 radical (unpaired) electrons. The van der Waals surface area contributed by atoms with Crippen LogP contribution < -0.4 is 5.32 Å². The molecule has 162 valence electrons. The number of rotatable bonds is 7. The number of aromatic nitrogens is 3. The van der Waals surface area contributed by atoms with Crippen molar-refractivity contribution < 1.29 is 17.9 Å². The summed E-state index contributed by atoms with van der Waals surface area (Å²) in [7, 11) is -3.45. The van der Waals surface area contributed by atoms with Crippen LogP contribution in [-0.2, 0) is 27.1 Å².